The summed E-state index contributed by atoms with van der Waals surface area (Å²) in [7, 11) is 1.59. The van der Waals surface area contributed by atoms with Gasteiger partial charge >= 0.3 is 0 Å². The van der Waals surface area contributed by atoms with Crippen LogP contribution in [-0.2, 0) is 13.1 Å². The first-order chi connectivity index (χ1) is 9.56. The minimum absolute atomic E-state index is 0.588. The number of anilines is 1. The molecule has 0 radical (unpaired) electrons. The molecule has 0 aliphatic heterocycles. The summed E-state index contributed by atoms with van der Waals surface area (Å²) in [5.41, 5.74) is 2.74. The van der Waals surface area contributed by atoms with Crippen LogP contribution in [0.2, 0.25) is 10.0 Å². The van der Waals surface area contributed by atoms with Gasteiger partial charge in [-0.1, -0.05) is 23.2 Å². The Morgan fingerprint density at radius 3 is 2.75 bits per heavy atom. The monoisotopic (exact) mass is 313 g/mol. The van der Waals surface area contributed by atoms with Crippen molar-refractivity contribution in [3.8, 4) is 5.75 Å². The predicted molar refractivity (Wildman–Crippen MR) is 83.0 cm³/mol. The molecule has 0 amide bonds. The van der Waals surface area contributed by atoms with Gasteiger partial charge in [-0.2, -0.15) is 5.10 Å². The van der Waals surface area contributed by atoms with Crippen molar-refractivity contribution in [2.45, 2.75) is 26.9 Å². The van der Waals surface area contributed by atoms with Crippen LogP contribution in [0.5, 0.6) is 5.75 Å². The third kappa shape index (κ3) is 3.02. The Balaban J connectivity index is 2.16. The minimum Gasteiger partial charge on any atom is -0.495 e. The predicted octanol–water partition coefficient (Wildman–Crippen LogP) is 4.14. The van der Waals surface area contributed by atoms with Crippen molar-refractivity contribution >= 4 is 28.9 Å². The maximum Gasteiger partial charge on any atom is 0.139 e. The maximum atomic E-state index is 6.27. The van der Waals surface area contributed by atoms with E-state index in [-0.39, 0.29) is 0 Å². The fourth-order valence-corrected chi connectivity index (χ4v) is 2.39. The number of hydrogen-bond acceptors (Lipinski definition) is 3. The number of nitrogens with zero attached hydrogens (tertiary/aromatic N) is 2. The Hall–Kier alpha value is -1.39. The molecule has 0 spiro atoms. The molecule has 0 unspecified atom stereocenters. The number of hydrogen-bond donors (Lipinski definition) is 1. The average Bonchev–Trinajstić information content (AvgIpc) is 2.73. The Kier molecular flexibility index (Phi) is 4.78. The second-order valence-corrected chi connectivity index (χ2v) is 5.15. The molecule has 0 atom stereocenters. The van der Waals surface area contributed by atoms with E-state index in [0.29, 0.717) is 22.3 Å². The van der Waals surface area contributed by atoms with Crippen molar-refractivity contribution in [1.82, 2.24) is 9.78 Å². The van der Waals surface area contributed by atoms with E-state index in [0.717, 1.165) is 23.6 Å². The van der Waals surface area contributed by atoms with Crippen LogP contribution in [-0.4, -0.2) is 16.9 Å². The lowest BCUT2D eigenvalue weighted by Crippen LogP contribution is -2.08. The van der Waals surface area contributed by atoms with Gasteiger partial charge in [0, 0.05) is 18.3 Å². The van der Waals surface area contributed by atoms with Gasteiger partial charge in [0.1, 0.15) is 5.75 Å². The molecule has 108 valence electrons. The summed E-state index contributed by atoms with van der Waals surface area (Å²) in [6.07, 6.45) is 0. The highest BCUT2D eigenvalue weighted by Crippen LogP contribution is 2.28. The van der Waals surface area contributed by atoms with E-state index in [1.165, 1.54) is 0 Å². The van der Waals surface area contributed by atoms with E-state index in [1.54, 1.807) is 13.2 Å². The highest BCUT2D eigenvalue weighted by atomic mass is 35.5. The summed E-state index contributed by atoms with van der Waals surface area (Å²) in [6, 6.07) is 5.56. The van der Waals surface area contributed by atoms with E-state index in [9.17, 15) is 0 Å². The van der Waals surface area contributed by atoms with E-state index in [2.05, 4.69) is 10.4 Å². The number of nitrogens with one attached hydrogen (secondary N) is 1. The summed E-state index contributed by atoms with van der Waals surface area (Å²) >= 11 is 12.3. The van der Waals surface area contributed by atoms with Gasteiger partial charge in [0.15, 0.2) is 0 Å². The van der Waals surface area contributed by atoms with E-state index < -0.39 is 0 Å². The van der Waals surface area contributed by atoms with Gasteiger partial charge in [-0.15, -0.1) is 0 Å². The number of benzene rings is 1. The second-order valence-electron chi connectivity index (χ2n) is 4.36. The molecule has 0 aliphatic rings. The van der Waals surface area contributed by atoms with Crippen LogP contribution in [0.15, 0.2) is 18.2 Å². The summed E-state index contributed by atoms with van der Waals surface area (Å²) in [6.45, 7) is 5.33. The fourth-order valence-electron chi connectivity index (χ4n) is 1.99. The largest absolute Gasteiger partial charge is 0.495 e. The summed E-state index contributed by atoms with van der Waals surface area (Å²) in [5.74, 6) is 0.642. The van der Waals surface area contributed by atoms with Crippen molar-refractivity contribution in [3.63, 3.8) is 0 Å². The Labute approximate surface area is 128 Å². The summed E-state index contributed by atoms with van der Waals surface area (Å²) in [4.78, 5) is 0. The van der Waals surface area contributed by atoms with Crippen LogP contribution in [0.4, 0.5) is 5.69 Å². The molecule has 0 aliphatic carbocycles. The van der Waals surface area contributed by atoms with Crippen LogP contribution in [0.3, 0.4) is 0 Å². The zero-order chi connectivity index (χ0) is 14.7. The first-order valence-corrected chi connectivity index (χ1v) is 7.11. The summed E-state index contributed by atoms with van der Waals surface area (Å²) in [5, 5.41) is 8.99. The third-order valence-electron chi connectivity index (χ3n) is 3.06. The molecule has 1 N–H and O–H groups in total. The van der Waals surface area contributed by atoms with Gasteiger partial charge in [-0.25, -0.2) is 0 Å². The van der Waals surface area contributed by atoms with E-state index >= 15 is 0 Å². The highest BCUT2D eigenvalue weighted by Gasteiger charge is 2.12. The smallest absolute Gasteiger partial charge is 0.139 e. The SMILES string of the molecule is CCn1nc(C)c(Cl)c1CNc1ccc(Cl)c(OC)c1. The molecule has 2 rings (SSSR count). The van der Waals surface area contributed by atoms with Crippen LogP contribution < -0.4 is 10.1 Å². The topological polar surface area (TPSA) is 39.1 Å². The lowest BCUT2D eigenvalue weighted by molar-refractivity contribution is 0.415. The zero-order valence-electron chi connectivity index (χ0n) is 11.7. The summed E-state index contributed by atoms with van der Waals surface area (Å²) < 4.78 is 7.10. The molecule has 1 heterocycles. The standard InChI is InChI=1S/C14H17Cl2N3O/c1-4-19-12(14(16)9(2)18-19)8-17-10-5-6-11(15)13(7-10)20-3/h5-7,17H,4,8H2,1-3H3. The molecule has 4 nitrogen and oxygen atoms in total. The van der Waals surface area contributed by atoms with Crippen molar-refractivity contribution in [3.05, 3.63) is 39.6 Å². The molecule has 0 saturated carbocycles. The molecule has 6 heteroatoms. The van der Waals surface area contributed by atoms with Crippen molar-refractivity contribution < 1.29 is 4.74 Å². The molecule has 1 aromatic carbocycles. The molecular formula is C14H17Cl2N3O. The molecule has 0 bridgehead atoms. The van der Waals surface area contributed by atoms with Crippen LogP contribution in [0.25, 0.3) is 0 Å². The Bertz CT molecular complexity index is 611. The fraction of sp³-hybridized carbons (Fsp3) is 0.357. The first kappa shape index (κ1) is 15.0. The van der Waals surface area contributed by atoms with Crippen LogP contribution >= 0.6 is 23.2 Å². The van der Waals surface area contributed by atoms with Gasteiger partial charge in [0.25, 0.3) is 0 Å². The van der Waals surface area contributed by atoms with Gasteiger partial charge in [0.05, 0.1) is 35.1 Å². The first-order valence-electron chi connectivity index (χ1n) is 6.36. The van der Waals surface area contributed by atoms with Gasteiger partial charge in [0.2, 0.25) is 0 Å². The quantitative estimate of drug-likeness (QED) is 0.901. The van der Waals surface area contributed by atoms with Crippen molar-refractivity contribution in [2.75, 3.05) is 12.4 Å². The van der Waals surface area contributed by atoms with Gasteiger partial charge < -0.3 is 10.1 Å². The molecule has 1 aromatic heterocycles. The number of aromatic nitrogens is 2. The normalized spacial score (nSPS) is 10.7. The minimum atomic E-state index is 0.588. The van der Waals surface area contributed by atoms with E-state index in [4.69, 9.17) is 27.9 Å². The molecule has 20 heavy (non-hydrogen) atoms. The highest BCUT2D eigenvalue weighted by molar-refractivity contribution is 6.32. The average molecular weight is 314 g/mol. The Morgan fingerprint density at radius 2 is 2.10 bits per heavy atom. The molecule has 2 aromatic rings. The zero-order valence-corrected chi connectivity index (χ0v) is 13.2. The molecule has 0 saturated heterocycles. The number of methoxy groups -OCH3 is 1. The van der Waals surface area contributed by atoms with Crippen LogP contribution in [0, 0.1) is 6.92 Å². The van der Waals surface area contributed by atoms with Crippen molar-refractivity contribution in [1.29, 1.82) is 0 Å². The number of aryl methyl sites for hydroxylation is 2. The number of rotatable bonds is 5. The Morgan fingerprint density at radius 1 is 1.35 bits per heavy atom. The van der Waals surface area contributed by atoms with Gasteiger partial charge in [-0.3, -0.25) is 4.68 Å². The maximum absolute atomic E-state index is 6.27. The van der Waals surface area contributed by atoms with Crippen LogP contribution in [0.1, 0.15) is 18.3 Å². The number of halogens is 2. The number of ether oxygens (including phenoxy) is 1. The van der Waals surface area contributed by atoms with E-state index in [1.807, 2.05) is 30.7 Å². The van der Waals surface area contributed by atoms with Gasteiger partial charge in [-0.05, 0) is 26.0 Å². The second kappa shape index (κ2) is 6.37. The van der Waals surface area contributed by atoms with Crippen molar-refractivity contribution in [2.24, 2.45) is 0 Å². The third-order valence-corrected chi connectivity index (χ3v) is 3.87. The molecular weight excluding hydrogens is 297 g/mol. The lowest BCUT2D eigenvalue weighted by atomic mass is 10.3. The lowest BCUT2D eigenvalue weighted by Gasteiger charge is -2.10. The molecule has 0 fully saturated rings.